The van der Waals surface area contributed by atoms with Gasteiger partial charge in [0, 0.05) is 4.88 Å². The van der Waals surface area contributed by atoms with Gasteiger partial charge >= 0.3 is 5.97 Å². The lowest BCUT2D eigenvalue weighted by atomic mass is 9.89. The zero-order valence-corrected chi connectivity index (χ0v) is 16.9. The zero-order chi connectivity index (χ0) is 20.5. The molecule has 0 saturated carbocycles. The molecule has 0 unspecified atom stereocenters. The second kappa shape index (κ2) is 7.82. The Balaban J connectivity index is 1.45. The van der Waals surface area contributed by atoms with Crippen molar-refractivity contribution in [2.45, 2.75) is 39.2 Å². The second-order valence-corrected chi connectivity index (χ2v) is 8.36. The lowest BCUT2D eigenvalue weighted by molar-refractivity contribution is -0.147. The van der Waals surface area contributed by atoms with Crippen LogP contribution in [0.25, 0.3) is 10.2 Å². The minimum absolute atomic E-state index is 0.110. The molecule has 3 aromatic rings. The van der Waals surface area contributed by atoms with Gasteiger partial charge in [0.2, 0.25) is 0 Å². The molecule has 8 nitrogen and oxygen atoms in total. The second-order valence-electron chi connectivity index (χ2n) is 7.28. The number of aromatic nitrogens is 2. The Labute approximate surface area is 170 Å². The highest BCUT2D eigenvalue weighted by Crippen LogP contribution is 2.35. The molecule has 0 spiro atoms. The molecule has 1 amide bonds. The van der Waals surface area contributed by atoms with Gasteiger partial charge in [0.1, 0.15) is 11.4 Å². The number of furan rings is 1. The van der Waals surface area contributed by atoms with Crippen molar-refractivity contribution in [1.82, 2.24) is 15.3 Å². The van der Waals surface area contributed by atoms with E-state index in [1.54, 1.807) is 24.3 Å². The van der Waals surface area contributed by atoms with E-state index in [2.05, 4.69) is 22.2 Å². The third-order valence-corrected chi connectivity index (χ3v) is 6.16. The van der Waals surface area contributed by atoms with Gasteiger partial charge in [-0.2, -0.15) is 0 Å². The third kappa shape index (κ3) is 3.95. The van der Waals surface area contributed by atoms with Gasteiger partial charge in [-0.3, -0.25) is 14.4 Å². The number of carbonyl (C=O) groups is 2. The fourth-order valence-electron chi connectivity index (χ4n) is 3.50. The molecule has 9 heteroatoms. The SMILES string of the molecule is C[C@H]1CCc2c(sc3nc([C@H](C)OC(=O)CNC(=O)c4ccco4)[nH]c(=O)c23)C1. The molecular weight excluding hydrogens is 394 g/mol. The first-order valence-corrected chi connectivity index (χ1v) is 10.3. The van der Waals surface area contributed by atoms with E-state index in [9.17, 15) is 14.4 Å². The van der Waals surface area contributed by atoms with E-state index in [0.717, 1.165) is 24.8 Å². The summed E-state index contributed by atoms with van der Waals surface area (Å²) in [7, 11) is 0. The molecule has 0 aliphatic heterocycles. The number of hydrogen-bond donors (Lipinski definition) is 2. The van der Waals surface area contributed by atoms with Gasteiger partial charge in [0.15, 0.2) is 17.7 Å². The van der Waals surface area contributed by atoms with Crippen LogP contribution in [-0.4, -0.2) is 28.4 Å². The highest BCUT2D eigenvalue weighted by atomic mass is 32.1. The zero-order valence-electron chi connectivity index (χ0n) is 16.1. The summed E-state index contributed by atoms with van der Waals surface area (Å²) in [5, 5.41) is 3.08. The first-order valence-electron chi connectivity index (χ1n) is 9.48. The predicted molar refractivity (Wildman–Crippen MR) is 107 cm³/mol. The maximum absolute atomic E-state index is 12.7. The number of ether oxygens (including phenoxy) is 1. The number of aryl methyl sites for hydroxylation is 1. The number of fused-ring (bicyclic) bond motifs is 3. The monoisotopic (exact) mass is 415 g/mol. The molecule has 4 rings (SSSR count). The molecule has 0 radical (unpaired) electrons. The number of nitrogens with zero attached hydrogens (tertiary/aromatic N) is 1. The average molecular weight is 415 g/mol. The van der Waals surface area contributed by atoms with Crippen LogP contribution in [0.3, 0.4) is 0 Å². The van der Waals surface area contributed by atoms with E-state index in [4.69, 9.17) is 9.15 Å². The van der Waals surface area contributed by atoms with Crippen LogP contribution in [0.15, 0.2) is 27.6 Å². The van der Waals surface area contributed by atoms with Crippen molar-refractivity contribution in [2.75, 3.05) is 6.54 Å². The van der Waals surface area contributed by atoms with Crippen molar-refractivity contribution in [3.05, 3.63) is 50.8 Å². The highest BCUT2D eigenvalue weighted by molar-refractivity contribution is 7.18. The van der Waals surface area contributed by atoms with E-state index < -0.39 is 18.0 Å². The van der Waals surface area contributed by atoms with Crippen LogP contribution in [0.5, 0.6) is 0 Å². The van der Waals surface area contributed by atoms with Crippen LogP contribution in [0.2, 0.25) is 0 Å². The van der Waals surface area contributed by atoms with Gasteiger partial charge in [0.25, 0.3) is 11.5 Å². The standard InChI is InChI=1S/C20H21N3O5S/c1-10-5-6-12-14(8-10)29-20-16(12)19(26)22-17(23-20)11(2)28-15(24)9-21-18(25)13-4-3-7-27-13/h3-4,7,10-11H,5-6,8-9H2,1-2H3,(H,21,25)(H,22,23,26)/t10-,11-/m0/s1. The molecule has 0 saturated heterocycles. The van der Waals surface area contributed by atoms with Gasteiger partial charge in [-0.15, -0.1) is 11.3 Å². The Morgan fingerprint density at radius 2 is 2.31 bits per heavy atom. The highest BCUT2D eigenvalue weighted by Gasteiger charge is 2.24. The van der Waals surface area contributed by atoms with E-state index in [1.165, 1.54) is 17.2 Å². The summed E-state index contributed by atoms with van der Waals surface area (Å²) < 4.78 is 10.3. The van der Waals surface area contributed by atoms with Gasteiger partial charge < -0.3 is 19.5 Å². The summed E-state index contributed by atoms with van der Waals surface area (Å²) in [6.45, 7) is 3.52. The number of amides is 1. The third-order valence-electron chi connectivity index (χ3n) is 5.02. The topological polar surface area (TPSA) is 114 Å². The lowest BCUT2D eigenvalue weighted by Crippen LogP contribution is -2.31. The number of thiophene rings is 1. The van der Waals surface area contributed by atoms with Crippen molar-refractivity contribution in [2.24, 2.45) is 5.92 Å². The predicted octanol–water partition coefficient (Wildman–Crippen LogP) is 2.74. The van der Waals surface area contributed by atoms with E-state index in [1.807, 2.05) is 0 Å². The maximum Gasteiger partial charge on any atom is 0.326 e. The quantitative estimate of drug-likeness (QED) is 0.619. The Morgan fingerprint density at radius 1 is 1.48 bits per heavy atom. The van der Waals surface area contributed by atoms with Crippen LogP contribution in [0, 0.1) is 5.92 Å². The molecule has 2 atom stereocenters. The Hall–Kier alpha value is -2.94. The van der Waals surface area contributed by atoms with Crippen LogP contribution in [-0.2, 0) is 22.4 Å². The number of aromatic amines is 1. The fourth-order valence-corrected chi connectivity index (χ4v) is 4.89. The minimum Gasteiger partial charge on any atom is -0.459 e. The number of rotatable bonds is 5. The average Bonchev–Trinajstić information content (AvgIpc) is 3.33. The normalized spacial score (nSPS) is 17.0. The molecule has 0 fully saturated rings. The summed E-state index contributed by atoms with van der Waals surface area (Å²) in [6, 6.07) is 3.07. The molecule has 3 aromatic heterocycles. The van der Waals surface area contributed by atoms with E-state index in [-0.39, 0.29) is 17.9 Å². The van der Waals surface area contributed by atoms with E-state index >= 15 is 0 Å². The molecule has 29 heavy (non-hydrogen) atoms. The Kier molecular flexibility index (Phi) is 5.23. The molecule has 1 aliphatic rings. The van der Waals surface area contributed by atoms with Crippen molar-refractivity contribution in [1.29, 1.82) is 0 Å². The van der Waals surface area contributed by atoms with Gasteiger partial charge in [-0.05, 0) is 49.8 Å². The minimum atomic E-state index is -0.752. The summed E-state index contributed by atoms with van der Waals surface area (Å²) in [5.41, 5.74) is 0.903. The van der Waals surface area contributed by atoms with Gasteiger partial charge in [-0.25, -0.2) is 4.98 Å². The van der Waals surface area contributed by atoms with Crippen LogP contribution in [0.1, 0.15) is 53.2 Å². The van der Waals surface area contributed by atoms with Crippen molar-refractivity contribution in [3.8, 4) is 0 Å². The molecule has 0 bridgehead atoms. The number of hydrogen-bond acceptors (Lipinski definition) is 7. The number of nitrogens with one attached hydrogen (secondary N) is 2. The maximum atomic E-state index is 12.7. The first kappa shape index (κ1) is 19.4. The summed E-state index contributed by atoms with van der Waals surface area (Å²) >= 11 is 1.54. The Bertz CT molecular complexity index is 1120. The van der Waals surface area contributed by atoms with Crippen LogP contribution in [0.4, 0.5) is 0 Å². The van der Waals surface area contributed by atoms with Crippen LogP contribution < -0.4 is 10.9 Å². The van der Waals surface area contributed by atoms with Gasteiger partial charge in [0.05, 0.1) is 11.6 Å². The lowest BCUT2D eigenvalue weighted by Gasteiger charge is -2.17. The fraction of sp³-hybridized carbons (Fsp3) is 0.400. The number of carbonyl (C=O) groups excluding carboxylic acids is 2. The Morgan fingerprint density at radius 3 is 3.07 bits per heavy atom. The molecule has 3 heterocycles. The van der Waals surface area contributed by atoms with Crippen molar-refractivity contribution in [3.63, 3.8) is 0 Å². The van der Waals surface area contributed by atoms with Crippen molar-refractivity contribution >= 4 is 33.4 Å². The van der Waals surface area contributed by atoms with E-state index in [0.29, 0.717) is 22.0 Å². The summed E-state index contributed by atoms with van der Waals surface area (Å²) in [6.07, 6.45) is 3.54. The molecule has 152 valence electrons. The summed E-state index contributed by atoms with van der Waals surface area (Å²) in [5.74, 6) is -0.145. The molecule has 0 aromatic carbocycles. The molecule has 2 N–H and O–H groups in total. The van der Waals surface area contributed by atoms with Gasteiger partial charge in [-0.1, -0.05) is 6.92 Å². The number of H-pyrrole nitrogens is 1. The summed E-state index contributed by atoms with van der Waals surface area (Å²) in [4.78, 5) is 45.7. The first-order chi connectivity index (χ1) is 13.9. The van der Waals surface area contributed by atoms with Crippen molar-refractivity contribution < 1.29 is 18.7 Å². The van der Waals surface area contributed by atoms with Crippen LogP contribution >= 0.6 is 11.3 Å². The largest absolute Gasteiger partial charge is 0.459 e. The smallest absolute Gasteiger partial charge is 0.326 e. The molecule has 1 aliphatic carbocycles. The molecular formula is C20H21N3O5S. The number of esters is 1.